The number of hydrogen-bond acceptors (Lipinski definition) is 3. The van der Waals surface area contributed by atoms with Gasteiger partial charge in [0, 0.05) is 18.6 Å². The number of aliphatic hydroxyl groups is 1. The molecule has 1 aliphatic carbocycles. The molecule has 1 aliphatic rings. The molecule has 0 radical (unpaired) electrons. The third kappa shape index (κ3) is 4.52. The van der Waals surface area contributed by atoms with Gasteiger partial charge in [-0.15, -0.1) is 0 Å². The van der Waals surface area contributed by atoms with Crippen LogP contribution in [0.5, 0.6) is 0 Å². The minimum atomic E-state index is -0.493. The molecular formula is C15H32N2O. The van der Waals surface area contributed by atoms with E-state index < -0.39 is 5.60 Å². The van der Waals surface area contributed by atoms with Crippen LogP contribution in [0.4, 0.5) is 0 Å². The van der Waals surface area contributed by atoms with Gasteiger partial charge in [0.2, 0.25) is 0 Å². The summed E-state index contributed by atoms with van der Waals surface area (Å²) < 4.78 is 0. The fourth-order valence-electron chi connectivity index (χ4n) is 3.08. The molecular weight excluding hydrogens is 224 g/mol. The van der Waals surface area contributed by atoms with Gasteiger partial charge >= 0.3 is 0 Å². The molecule has 0 bridgehead atoms. The van der Waals surface area contributed by atoms with Crippen LogP contribution in [-0.2, 0) is 0 Å². The number of nitrogens with zero attached hydrogens (tertiary/aromatic N) is 1. The van der Waals surface area contributed by atoms with Crippen molar-refractivity contribution in [2.45, 2.75) is 77.0 Å². The molecule has 108 valence electrons. The molecule has 2 N–H and O–H groups in total. The smallest absolute Gasteiger partial charge is 0.0768 e. The minimum Gasteiger partial charge on any atom is -0.389 e. The van der Waals surface area contributed by atoms with Crippen molar-refractivity contribution in [2.75, 3.05) is 20.1 Å². The molecule has 1 fully saturated rings. The summed E-state index contributed by atoms with van der Waals surface area (Å²) in [6, 6.07) is 1.38. The highest BCUT2D eigenvalue weighted by molar-refractivity contribution is 4.85. The molecule has 3 heteroatoms. The molecule has 0 aromatic heterocycles. The molecule has 0 amide bonds. The van der Waals surface area contributed by atoms with Crippen molar-refractivity contribution in [3.63, 3.8) is 0 Å². The van der Waals surface area contributed by atoms with Crippen LogP contribution in [0.25, 0.3) is 0 Å². The fourth-order valence-corrected chi connectivity index (χ4v) is 3.08. The lowest BCUT2D eigenvalue weighted by Crippen LogP contribution is -2.47. The Bertz CT molecular complexity index is 221. The highest BCUT2D eigenvalue weighted by atomic mass is 16.3. The summed E-state index contributed by atoms with van der Waals surface area (Å²) in [7, 11) is 2.18. The SMILES string of the molecule is CCNC1CCC(N(C)CC(O)(CC)CC)CC1. The van der Waals surface area contributed by atoms with E-state index in [2.05, 4.69) is 38.0 Å². The van der Waals surface area contributed by atoms with E-state index in [1.807, 2.05) is 0 Å². The zero-order chi connectivity index (χ0) is 13.6. The lowest BCUT2D eigenvalue weighted by molar-refractivity contribution is -0.0119. The average molecular weight is 256 g/mol. The standard InChI is InChI=1S/C15H32N2O/c1-5-15(18,6-2)12-17(4)14-10-8-13(9-11-14)16-7-3/h13-14,16,18H,5-12H2,1-4H3. The lowest BCUT2D eigenvalue weighted by Gasteiger charge is -2.39. The summed E-state index contributed by atoms with van der Waals surface area (Å²) in [5.41, 5.74) is -0.493. The van der Waals surface area contributed by atoms with Crippen LogP contribution >= 0.6 is 0 Å². The summed E-state index contributed by atoms with van der Waals surface area (Å²) in [5, 5.41) is 14.0. The summed E-state index contributed by atoms with van der Waals surface area (Å²) in [6.07, 6.45) is 6.77. The van der Waals surface area contributed by atoms with E-state index in [4.69, 9.17) is 0 Å². The van der Waals surface area contributed by atoms with Gasteiger partial charge in [-0.3, -0.25) is 0 Å². The van der Waals surface area contributed by atoms with Gasteiger partial charge < -0.3 is 15.3 Å². The maximum Gasteiger partial charge on any atom is 0.0768 e. The van der Waals surface area contributed by atoms with E-state index in [0.717, 1.165) is 32.0 Å². The minimum absolute atomic E-state index is 0.493. The Kier molecular flexibility index (Phi) is 6.61. The van der Waals surface area contributed by atoms with E-state index in [1.54, 1.807) is 0 Å². The van der Waals surface area contributed by atoms with E-state index in [9.17, 15) is 5.11 Å². The van der Waals surface area contributed by atoms with Crippen molar-refractivity contribution in [1.82, 2.24) is 10.2 Å². The first-order valence-electron chi connectivity index (χ1n) is 7.70. The van der Waals surface area contributed by atoms with Crippen molar-refractivity contribution in [2.24, 2.45) is 0 Å². The summed E-state index contributed by atoms with van der Waals surface area (Å²) in [5.74, 6) is 0. The molecule has 1 saturated carbocycles. The Morgan fingerprint density at radius 3 is 2.11 bits per heavy atom. The molecule has 0 saturated heterocycles. The van der Waals surface area contributed by atoms with E-state index >= 15 is 0 Å². The number of hydrogen-bond donors (Lipinski definition) is 2. The van der Waals surface area contributed by atoms with Gasteiger partial charge in [0.15, 0.2) is 0 Å². The van der Waals surface area contributed by atoms with Gasteiger partial charge in [-0.25, -0.2) is 0 Å². The predicted molar refractivity (Wildman–Crippen MR) is 77.9 cm³/mol. The Hall–Kier alpha value is -0.120. The molecule has 0 atom stereocenters. The van der Waals surface area contributed by atoms with E-state index in [0.29, 0.717) is 6.04 Å². The molecule has 0 aliphatic heterocycles. The normalized spacial score (nSPS) is 25.7. The number of nitrogens with one attached hydrogen (secondary N) is 1. The van der Waals surface area contributed by atoms with Crippen molar-refractivity contribution >= 4 is 0 Å². The third-order valence-corrected chi connectivity index (χ3v) is 4.67. The van der Waals surface area contributed by atoms with Gasteiger partial charge in [-0.1, -0.05) is 20.8 Å². The van der Waals surface area contributed by atoms with Crippen molar-refractivity contribution in [1.29, 1.82) is 0 Å². The van der Waals surface area contributed by atoms with E-state index in [1.165, 1.54) is 25.7 Å². The topological polar surface area (TPSA) is 35.5 Å². The van der Waals surface area contributed by atoms with Crippen molar-refractivity contribution in [3.05, 3.63) is 0 Å². The van der Waals surface area contributed by atoms with Crippen molar-refractivity contribution < 1.29 is 5.11 Å². The quantitative estimate of drug-likeness (QED) is 0.734. The van der Waals surface area contributed by atoms with Crippen LogP contribution in [0, 0.1) is 0 Å². The Balaban J connectivity index is 2.38. The van der Waals surface area contributed by atoms with Crippen LogP contribution in [0.2, 0.25) is 0 Å². The Morgan fingerprint density at radius 1 is 1.11 bits per heavy atom. The third-order valence-electron chi connectivity index (χ3n) is 4.67. The second kappa shape index (κ2) is 7.46. The van der Waals surface area contributed by atoms with Gasteiger partial charge in [0.25, 0.3) is 0 Å². The first-order valence-corrected chi connectivity index (χ1v) is 7.70. The van der Waals surface area contributed by atoms with Crippen LogP contribution in [0.15, 0.2) is 0 Å². The zero-order valence-corrected chi connectivity index (χ0v) is 12.7. The second-order valence-electron chi connectivity index (χ2n) is 5.91. The molecule has 1 rings (SSSR count). The first kappa shape index (κ1) is 15.9. The second-order valence-corrected chi connectivity index (χ2v) is 5.91. The molecule has 0 aromatic carbocycles. The highest BCUT2D eigenvalue weighted by Gasteiger charge is 2.29. The molecule has 18 heavy (non-hydrogen) atoms. The summed E-state index contributed by atoms with van der Waals surface area (Å²) in [6.45, 7) is 8.24. The first-order chi connectivity index (χ1) is 8.54. The largest absolute Gasteiger partial charge is 0.389 e. The summed E-state index contributed by atoms with van der Waals surface area (Å²) in [4.78, 5) is 2.38. The zero-order valence-electron chi connectivity index (χ0n) is 12.7. The van der Waals surface area contributed by atoms with Gasteiger partial charge in [-0.2, -0.15) is 0 Å². The predicted octanol–water partition coefficient (Wildman–Crippen LogP) is 2.39. The Morgan fingerprint density at radius 2 is 1.67 bits per heavy atom. The Labute approximate surface area is 113 Å². The maximum absolute atomic E-state index is 10.4. The average Bonchev–Trinajstić information content (AvgIpc) is 2.39. The highest BCUT2D eigenvalue weighted by Crippen LogP contribution is 2.25. The molecule has 0 aromatic rings. The van der Waals surface area contributed by atoms with Crippen molar-refractivity contribution in [3.8, 4) is 0 Å². The molecule has 0 heterocycles. The number of rotatable bonds is 7. The monoisotopic (exact) mass is 256 g/mol. The molecule has 3 nitrogen and oxygen atoms in total. The molecule has 0 spiro atoms. The maximum atomic E-state index is 10.4. The van der Waals surface area contributed by atoms with Gasteiger partial charge in [0.05, 0.1) is 5.60 Å². The fraction of sp³-hybridized carbons (Fsp3) is 1.00. The van der Waals surface area contributed by atoms with Crippen LogP contribution in [0.3, 0.4) is 0 Å². The lowest BCUT2D eigenvalue weighted by atomic mass is 9.88. The van der Waals surface area contributed by atoms with Crippen LogP contribution in [0.1, 0.15) is 59.3 Å². The van der Waals surface area contributed by atoms with Gasteiger partial charge in [-0.05, 0) is 52.1 Å². The van der Waals surface area contributed by atoms with Crippen LogP contribution in [-0.4, -0.2) is 47.8 Å². The van der Waals surface area contributed by atoms with Gasteiger partial charge in [0.1, 0.15) is 0 Å². The van der Waals surface area contributed by atoms with E-state index in [-0.39, 0.29) is 0 Å². The van der Waals surface area contributed by atoms with Crippen LogP contribution < -0.4 is 5.32 Å². The summed E-state index contributed by atoms with van der Waals surface area (Å²) >= 11 is 0. The molecule has 0 unspecified atom stereocenters. The number of likely N-dealkylation sites (N-methyl/N-ethyl adjacent to an activating group) is 1.